The smallest absolute Gasteiger partial charge is 0.326 e. The van der Waals surface area contributed by atoms with E-state index in [9.17, 15) is 87.2 Å². The molecule has 0 bridgehead atoms. The lowest BCUT2D eigenvalue weighted by Crippen LogP contribution is -2.61. The van der Waals surface area contributed by atoms with Gasteiger partial charge in [-0.25, -0.2) is 4.79 Å². The van der Waals surface area contributed by atoms with Crippen molar-refractivity contribution in [3.8, 4) is 0 Å². The van der Waals surface area contributed by atoms with E-state index in [-0.39, 0.29) is 70.1 Å². The molecule has 1 aliphatic rings. The fourth-order valence-electron chi connectivity index (χ4n) is 7.66. The number of hydrogen-bond donors (Lipinski definition) is 19. The number of hydrogen-bond acceptors (Lipinski definition) is 18. The van der Waals surface area contributed by atoms with Crippen LogP contribution in [0.25, 0.3) is 0 Å². The Morgan fingerprint density at radius 3 is 1.26 bits per heavy atom. The monoisotopic (exact) mass is 1160 g/mol. The predicted molar refractivity (Wildman–Crippen MR) is 276 cm³/mol. The molecule has 1 heterocycles. The largest absolute Gasteiger partial charge is 0.481 e. The van der Waals surface area contributed by atoms with Crippen molar-refractivity contribution in [1.82, 2.24) is 42.1 Å². The first-order valence-electron chi connectivity index (χ1n) is 24.9. The Morgan fingerprint density at radius 1 is 0.444 bits per heavy atom. The molecule has 37 nitrogen and oxygen atoms in total. The number of likely N-dealkylation sites (tertiary alicyclic amines) is 1. The Hall–Kier alpha value is -9.45. The second kappa shape index (κ2) is 35.1. The lowest BCUT2D eigenvalue weighted by atomic mass is 10.0. The number of carbonyl (C=O) groups excluding carboxylic acids is 11. The summed E-state index contributed by atoms with van der Waals surface area (Å²) < 4.78 is 0. The fourth-order valence-corrected chi connectivity index (χ4v) is 7.66. The Balaban J connectivity index is 3.55. The average molecular weight is 1160 g/mol. The molecule has 27 N–H and O–H groups in total. The lowest BCUT2D eigenvalue weighted by Gasteiger charge is -2.30. The van der Waals surface area contributed by atoms with E-state index in [1.54, 1.807) is 0 Å². The first-order valence-corrected chi connectivity index (χ1v) is 24.9. The highest BCUT2D eigenvalue weighted by atomic mass is 16.4. The van der Waals surface area contributed by atoms with Crippen LogP contribution in [0.1, 0.15) is 96.3 Å². The molecular formula is C44H72N18O19. The van der Waals surface area contributed by atoms with Crippen molar-refractivity contribution in [2.24, 2.45) is 55.9 Å². The Morgan fingerprint density at radius 2 is 0.840 bits per heavy atom. The molecular weight excluding hydrogens is 1080 g/mol. The first-order chi connectivity index (χ1) is 37.8. The Bertz CT molecular complexity index is 2400. The molecule has 81 heavy (non-hydrogen) atoms. The topological polar surface area (TPSA) is 657 Å². The number of guanidine groups is 2. The number of nitrogens with two attached hydrogens (primary N) is 8. The molecule has 452 valence electrons. The predicted octanol–water partition coefficient (Wildman–Crippen LogP) is -9.89. The minimum Gasteiger partial charge on any atom is -0.481 e. The minimum absolute atomic E-state index is 0.0214. The molecule has 37 heteroatoms. The van der Waals surface area contributed by atoms with E-state index in [2.05, 4.69) is 47.2 Å². The van der Waals surface area contributed by atoms with Crippen molar-refractivity contribution in [2.45, 2.75) is 151 Å². The van der Waals surface area contributed by atoms with Crippen LogP contribution >= 0.6 is 0 Å². The van der Waals surface area contributed by atoms with Gasteiger partial charge in [0.05, 0.1) is 25.3 Å². The number of carboxylic acid groups (broad SMARTS) is 4. The van der Waals surface area contributed by atoms with Crippen molar-refractivity contribution in [3.05, 3.63) is 0 Å². The van der Waals surface area contributed by atoms with Crippen molar-refractivity contribution in [2.75, 3.05) is 19.6 Å². The van der Waals surface area contributed by atoms with E-state index in [1.807, 2.05) is 0 Å². The number of nitrogens with zero attached hydrogens (tertiary/aromatic N) is 3. The number of aliphatic imine (C=N–C) groups is 2. The quantitative estimate of drug-likeness (QED) is 0.0154. The summed E-state index contributed by atoms with van der Waals surface area (Å²) in [7, 11) is 0. The highest BCUT2D eigenvalue weighted by molar-refractivity contribution is 6.00. The number of rotatable bonds is 39. The van der Waals surface area contributed by atoms with Gasteiger partial charge in [0.15, 0.2) is 11.9 Å². The van der Waals surface area contributed by atoms with Gasteiger partial charge < -0.3 is 108 Å². The van der Waals surface area contributed by atoms with Gasteiger partial charge in [-0.1, -0.05) is 0 Å². The molecule has 1 fully saturated rings. The lowest BCUT2D eigenvalue weighted by molar-refractivity contribution is -0.146. The maximum Gasteiger partial charge on any atom is 0.326 e. The number of amides is 11. The molecule has 0 saturated carbocycles. The Labute approximate surface area is 460 Å². The molecule has 0 aliphatic carbocycles. The molecule has 0 aromatic heterocycles. The SMILES string of the molecule is NC(=O)CCC(NC(=O)C(N)CC(=O)O)C(=O)NC(CCC(=O)O)C(=O)NC(CC(N)=O)C(=O)NC(CCC(N)=O)C(=O)NC(CC(=O)O)C(=O)N1CCCC1C(=O)NC(CCCN=C(N)N)C(=O)NC(CCCN=C(N)N)C(=O)O. The van der Waals surface area contributed by atoms with Gasteiger partial charge in [-0.05, 0) is 57.8 Å². The number of primary amides is 3. The van der Waals surface area contributed by atoms with Crippen molar-refractivity contribution in [1.29, 1.82) is 0 Å². The van der Waals surface area contributed by atoms with Crippen LogP contribution in [-0.2, 0) is 71.9 Å². The standard InChI is InChI=1S/C44H72N18O19/c45-19(16-32(68)69)34(72)55-21(7-10-28(46)63)36(74)56-23(9-12-31(66)67)37(75)60-25(17-30(48)65)39(77)57-22(8-11-29(47)64)38(76)61-26(18-33(70)71)41(79)62-15-3-6-27(62)40(78)58-20(4-1-13-53-43(49)50)35(73)59-24(42(80)81)5-2-14-54-44(51)52/h19-27H,1-18,45H2,(H2,46,63)(H2,47,64)(H2,48,65)(H,55,72)(H,56,74)(H,57,77)(H,58,78)(H,59,73)(H,60,75)(H,61,76)(H,66,67)(H,68,69)(H,70,71)(H,80,81)(H4,49,50,53)(H4,51,52,54). The molecule has 9 atom stereocenters. The number of nitrogens with one attached hydrogen (secondary N) is 7. The molecule has 0 aromatic rings. The van der Waals surface area contributed by atoms with Crippen LogP contribution in [0.4, 0.5) is 0 Å². The van der Waals surface area contributed by atoms with E-state index < -0.39 is 201 Å². The van der Waals surface area contributed by atoms with Gasteiger partial charge in [0, 0.05) is 38.9 Å². The number of carboxylic acids is 4. The van der Waals surface area contributed by atoms with E-state index in [1.165, 1.54) is 0 Å². The molecule has 0 aromatic carbocycles. The maximum absolute atomic E-state index is 14.2. The van der Waals surface area contributed by atoms with Crippen LogP contribution in [0.15, 0.2) is 9.98 Å². The normalized spacial score (nSPS) is 15.6. The molecule has 1 aliphatic heterocycles. The van der Waals surface area contributed by atoms with Crippen LogP contribution in [0.2, 0.25) is 0 Å². The molecule has 1 rings (SSSR count). The number of carbonyl (C=O) groups is 15. The number of aliphatic carboxylic acids is 4. The van der Waals surface area contributed by atoms with Crippen LogP contribution in [0.5, 0.6) is 0 Å². The van der Waals surface area contributed by atoms with E-state index in [0.717, 1.165) is 4.90 Å². The van der Waals surface area contributed by atoms with Crippen LogP contribution < -0.4 is 83.1 Å². The first kappa shape index (κ1) is 69.6. The molecule has 0 radical (unpaired) electrons. The van der Waals surface area contributed by atoms with Gasteiger partial charge in [-0.3, -0.25) is 77.1 Å². The molecule has 0 spiro atoms. The zero-order chi connectivity index (χ0) is 61.7. The average Bonchev–Trinajstić information content (AvgIpc) is 3.90. The van der Waals surface area contributed by atoms with Crippen molar-refractivity contribution in [3.63, 3.8) is 0 Å². The van der Waals surface area contributed by atoms with Crippen LogP contribution in [0.3, 0.4) is 0 Å². The second-order valence-corrected chi connectivity index (χ2v) is 18.3. The highest BCUT2D eigenvalue weighted by Gasteiger charge is 2.41. The van der Waals surface area contributed by atoms with E-state index in [0.29, 0.717) is 0 Å². The van der Waals surface area contributed by atoms with Gasteiger partial charge in [-0.2, -0.15) is 0 Å². The van der Waals surface area contributed by atoms with E-state index >= 15 is 0 Å². The fraction of sp³-hybridized carbons (Fsp3) is 0.614. The third kappa shape index (κ3) is 27.6. The summed E-state index contributed by atoms with van der Waals surface area (Å²) in [5.41, 5.74) is 42.8. The maximum atomic E-state index is 14.2. The summed E-state index contributed by atoms with van der Waals surface area (Å²) in [6.45, 7) is -0.228. The third-order valence-corrected chi connectivity index (χ3v) is 11.6. The zero-order valence-corrected chi connectivity index (χ0v) is 43.8. The summed E-state index contributed by atoms with van der Waals surface area (Å²) in [6.07, 6.45) is -7.31. The third-order valence-electron chi connectivity index (χ3n) is 11.6. The van der Waals surface area contributed by atoms with Crippen LogP contribution in [0, 0.1) is 0 Å². The summed E-state index contributed by atoms with van der Waals surface area (Å²) in [5.74, 6) is -19.7. The Kier molecular flexibility index (Phi) is 30.2. The zero-order valence-electron chi connectivity index (χ0n) is 43.8. The summed E-state index contributed by atoms with van der Waals surface area (Å²) >= 11 is 0. The van der Waals surface area contributed by atoms with Gasteiger partial charge >= 0.3 is 23.9 Å². The summed E-state index contributed by atoms with van der Waals surface area (Å²) in [4.78, 5) is 201. The van der Waals surface area contributed by atoms with Gasteiger partial charge in [0.1, 0.15) is 48.3 Å². The van der Waals surface area contributed by atoms with Gasteiger partial charge in [0.2, 0.25) is 65.0 Å². The summed E-state index contributed by atoms with van der Waals surface area (Å²) in [5, 5.41) is 53.5. The molecule has 11 amide bonds. The summed E-state index contributed by atoms with van der Waals surface area (Å²) in [6, 6.07) is -15.9. The second-order valence-electron chi connectivity index (χ2n) is 18.3. The van der Waals surface area contributed by atoms with Crippen molar-refractivity contribution >= 4 is 101 Å². The minimum atomic E-state index is -2.09. The molecule has 9 unspecified atom stereocenters. The van der Waals surface area contributed by atoms with Gasteiger partial charge in [0.25, 0.3) is 0 Å². The van der Waals surface area contributed by atoms with Crippen molar-refractivity contribution < 1.29 is 92.3 Å². The van der Waals surface area contributed by atoms with Gasteiger partial charge in [-0.15, -0.1) is 0 Å². The van der Waals surface area contributed by atoms with E-state index in [4.69, 9.17) is 51.0 Å². The molecule has 1 saturated heterocycles. The van der Waals surface area contributed by atoms with Crippen LogP contribution in [-0.4, -0.2) is 200 Å². The highest BCUT2D eigenvalue weighted by Crippen LogP contribution is 2.21.